The number of nitrogens with one attached hydrogen (secondary N) is 1. The maximum atomic E-state index is 11.0. The summed E-state index contributed by atoms with van der Waals surface area (Å²) in [6.45, 7) is 7.32. The molecule has 21 heavy (non-hydrogen) atoms. The van der Waals surface area contributed by atoms with E-state index in [9.17, 15) is 10.1 Å². The maximum Gasteiger partial charge on any atom is 0.406 e. The van der Waals surface area contributed by atoms with Crippen molar-refractivity contribution in [1.29, 1.82) is 0 Å². The minimum Gasteiger partial charge on any atom is -0.482 e. The molecular formula is C15H23N3O3. The summed E-state index contributed by atoms with van der Waals surface area (Å²) in [6.07, 6.45) is 4.26. The Morgan fingerprint density at radius 3 is 2.76 bits per heavy atom. The van der Waals surface area contributed by atoms with Crippen molar-refractivity contribution < 1.29 is 9.66 Å². The minimum absolute atomic E-state index is 0.000509. The number of hydrogen-bond donors (Lipinski definition) is 1. The lowest BCUT2D eigenvalue weighted by Gasteiger charge is -2.55. The van der Waals surface area contributed by atoms with Crippen LogP contribution in [0.1, 0.15) is 40.0 Å². The fourth-order valence-corrected chi connectivity index (χ4v) is 3.41. The number of aromatic nitrogens is 1. The SMILES string of the molecule is CCNC1CC(Oc2cccnc2[N+](=O)[O-])C1(CC)CC. The molecule has 1 aliphatic rings. The first-order valence-electron chi connectivity index (χ1n) is 7.58. The second-order valence-corrected chi connectivity index (χ2v) is 5.47. The number of nitrogens with zero attached hydrogens (tertiary/aromatic N) is 2. The molecule has 6 heteroatoms. The first-order valence-corrected chi connectivity index (χ1v) is 7.58. The highest BCUT2D eigenvalue weighted by molar-refractivity contribution is 5.39. The van der Waals surface area contributed by atoms with Crippen LogP contribution in [-0.4, -0.2) is 28.6 Å². The van der Waals surface area contributed by atoms with E-state index in [4.69, 9.17) is 4.74 Å². The van der Waals surface area contributed by atoms with Gasteiger partial charge in [0.25, 0.3) is 0 Å². The fourth-order valence-electron chi connectivity index (χ4n) is 3.41. The number of pyridine rings is 1. The monoisotopic (exact) mass is 293 g/mol. The average Bonchev–Trinajstić information content (AvgIpc) is 2.48. The van der Waals surface area contributed by atoms with Gasteiger partial charge in [-0.05, 0) is 41.4 Å². The van der Waals surface area contributed by atoms with E-state index in [-0.39, 0.29) is 23.1 Å². The van der Waals surface area contributed by atoms with Crippen LogP contribution in [0.4, 0.5) is 5.82 Å². The molecule has 0 saturated heterocycles. The molecule has 1 aromatic heterocycles. The number of hydrogen-bond acceptors (Lipinski definition) is 5. The molecule has 1 aliphatic carbocycles. The van der Waals surface area contributed by atoms with Gasteiger partial charge >= 0.3 is 5.82 Å². The van der Waals surface area contributed by atoms with Gasteiger partial charge in [-0.25, -0.2) is 0 Å². The van der Waals surface area contributed by atoms with Crippen molar-refractivity contribution in [2.75, 3.05) is 6.54 Å². The van der Waals surface area contributed by atoms with Crippen LogP contribution < -0.4 is 10.1 Å². The molecule has 1 fully saturated rings. The molecule has 6 nitrogen and oxygen atoms in total. The van der Waals surface area contributed by atoms with E-state index in [1.165, 1.54) is 6.20 Å². The average molecular weight is 293 g/mol. The number of nitro groups is 1. The molecule has 0 amide bonds. The van der Waals surface area contributed by atoms with Crippen LogP contribution in [0.5, 0.6) is 5.75 Å². The lowest BCUT2D eigenvalue weighted by molar-refractivity contribution is -0.391. The summed E-state index contributed by atoms with van der Waals surface area (Å²) >= 11 is 0. The van der Waals surface area contributed by atoms with Crippen molar-refractivity contribution in [2.45, 2.75) is 52.2 Å². The summed E-state index contributed by atoms with van der Waals surface area (Å²) in [6, 6.07) is 3.71. The van der Waals surface area contributed by atoms with Crippen molar-refractivity contribution in [2.24, 2.45) is 5.41 Å². The third-order valence-electron chi connectivity index (χ3n) is 4.75. The Kier molecular flexibility index (Phi) is 4.77. The van der Waals surface area contributed by atoms with Gasteiger partial charge < -0.3 is 20.2 Å². The normalized spacial score (nSPS) is 23.4. The lowest BCUT2D eigenvalue weighted by atomic mass is 9.58. The Balaban J connectivity index is 2.19. The van der Waals surface area contributed by atoms with Crippen LogP contribution in [0.3, 0.4) is 0 Å². The molecule has 0 bridgehead atoms. The Morgan fingerprint density at radius 2 is 2.19 bits per heavy atom. The first kappa shape index (κ1) is 15.7. The van der Waals surface area contributed by atoms with Crippen LogP contribution >= 0.6 is 0 Å². The Labute approximate surface area is 125 Å². The third kappa shape index (κ3) is 2.72. The van der Waals surface area contributed by atoms with E-state index >= 15 is 0 Å². The van der Waals surface area contributed by atoms with Gasteiger partial charge in [0.1, 0.15) is 12.3 Å². The van der Waals surface area contributed by atoms with Gasteiger partial charge in [0.2, 0.25) is 5.75 Å². The first-order chi connectivity index (χ1) is 10.1. The predicted octanol–water partition coefficient (Wildman–Crippen LogP) is 2.93. The van der Waals surface area contributed by atoms with Crippen molar-refractivity contribution >= 4 is 5.82 Å². The van der Waals surface area contributed by atoms with Gasteiger partial charge in [0.05, 0.1) is 0 Å². The van der Waals surface area contributed by atoms with Crippen molar-refractivity contribution in [1.82, 2.24) is 10.3 Å². The van der Waals surface area contributed by atoms with Crippen molar-refractivity contribution in [3.63, 3.8) is 0 Å². The summed E-state index contributed by atoms with van der Waals surface area (Å²) in [4.78, 5) is 14.3. The van der Waals surface area contributed by atoms with Gasteiger partial charge in [-0.2, -0.15) is 0 Å². The summed E-state index contributed by atoms with van der Waals surface area (Å²) in [7, 11) is 0. The zero-order valence-electron chi connectivity index (χ0n) is 12.8. The topological polar surface area (TPSA) is 77.3 Å². The second kappa shape index (κ2) is 6.39. The molecule has 2 unspecified atom stereocenters. The van der Waals surface area contributed by atoms with Crippen molar-refractivity contribution in [3.8, 4) is 5.75 Å². The number of rotatable bonds is 7. The third-order valence-corrected chi connectivity index (χ3v) is 4.75. The highest BCUT2D eigenvalue weighted by Crippen LogP contribution is 2.49. The quantitative estimate of drug-likeness (QED) is 0.618. The molecule has 2 atom stereocenters. The van der Waals surface area contributed by atoms with Gasteiger partial charge in [-0.1, -0.05) is 20.8 Å². The molecule has 2 rings (SSSR count). The molecule has 0 spiro atoms. The predicted molar refractivity (Wildman–Crippen MR) is 80.4 cm³/mol. The van der Waals surface area contributed by atoms with E-state index in [1.807, 2.05) is 0 Å². The van der Waals surface area contributed by atoms with Gasteiger partial charge in [0.15, 0.2) is 0 Å². The lowest BCUT2D eigenvalue weighted by Crippen LogP contribution is -2.64. The van der Waals surface area contributed by atoms with E-state index in [0.717, 1.165) is 25.8 Å². The summed E-state index contributed by atoms with van der Waals surface area (Å²) in [5.41, 5.74) is 0.0414. The highest BCUT2D eigenvalue weighted by atomic mass is 16.6. The Morgan fingerprint density at radius 1 is 1.48 bits per heavy atom. The minimum atomic E-state index is -0.491. The zero-order valence-corrected chi connectivity index (χ0v) is 12.8. The van der Waals surface area contributed by atoms with Gasteiger partial charge in [-0.3, -0.25) is 0 Å². The highest BCUT2D eigenvalue weighted by Gasteiger charge is 2.54. The molecule has 1 N–H and O–H groups in total. The standard InChI is InChI=1S/C15H23N3O3/c1-4-15(5-2)12(16-6-3)10-13(15)21-11-8-7-9-17-14(11)18(19)20/h7-9,12-13,16H,4-6,10H2,1-3H3. The van der Waals surface area contributed by atoms with E-state index in [0.29, 0.717) is 6.04 Å². The molecule has 1 heterocycles. The van der Waals surface area contributed by atoms with Crippen molar-refractivity contribution in [3.05, 3.63) is 28.4 Å². The molecule has 116 valence electrons. The van der Waals surface area contributed by atoms with E-state index in [2.05, 4.69) is 31.1 Å². The van der Waals surface area contributed by atoms with Crippen LogP contribution in [0.15, 0.2) is 18.3 Å². The summed E-state index contributed by atoms with van der Waals surface area (Å²) in [5, 5.41) is 14.5. The largest absolute Gasteiger partial charge is 0.482 e. The van der Waals surface area contributed by atoms with Crippen LogP contribution in [0.2, 0.25) is 0 Å². The second-order valence-electron chi connectivity index (χ2n) is 5.47. The summed E-state index contributed by atoms with van der Waals surface area (Å²) < 4.78 is 5.97. The fraction of sp³-hybridized carbons (Fsp3) is 0.667. The smallest absolute Gasteiger partial charge is 0.406 e. The maximum absolute atomic E-state index is 11.0. The van der Waals surface area contributed by atoms with Crippen LogP contribution in [0.25, 0.3) is 0 Å². The molecule has 0 radical (unpaired) electrons. The van der Waals surface area contributed by atoms with E-state index < -0.39 is 4.92 Å². The van der Waals surface area contributed by atoms with Gasteiger partial charge in [0, 0.05) is 17.9 Å². The molecule has 1 saturated carbocycles. The molecule has 0 aromatic carbocycles. The van der Waals surface area contributed by atoms with Crippen LogP contribution in [0, 0.1) is 15.5 Å². The number of ether oxygens (including phenoxy) is 1. The Hall–Kier alpha value is -1.69. The zero-order chi connectivity index (χ0) is 15.5. The Bertz CT molecular complexity index is 503. The molecule has 1 aromatic rings. The van der Waals surface area contributed by atoms with E-state index in [1.54, 1.807) is 12.1 Å². The summed E-state index contributed by atoms with van der Waals surface area (Å²) in [5.74, 6) is 0.0687. The van der Waals surface area contributed by atoms with Crippen LogP contribution in [-0.2, 0) is 0 Å². The molecular weight excluding hydrogens is 270 g/mol. The van der Waals surface area contributed by atoms with Gasteiger partial charge in [-0.15, -0.1) is 0 Å². The molecule has 0 aliphatic heterocycles.